The molecule has 0 aromatic heterocycles. The van der Waals surface area contributed by atoms with Crippen molar-refractivity contribution in [2.75, 3.05) is 7.05 Å². The van der Waals surface area contributed by atoms with Crippen LogP contribution in [0.4, 0.5) is 0 Å². The average Bonchev–Trinajstić information content (AvgIpc) is 3.41. The number of halogens is 1. The lowest BCUT2D eigenvalue weighted by molar-refractivity contribution is 0.0951. The van der Waals surface area contributed by atoms with Gasteiger partial charge < -0.3 is 5.32 Å². The molecule has 0 heterocycles. The fraction of sp³-hybridized carbons (Fsp3) is 0.316. The van der Waals surface area contributed by atoms with E-state index in [1.807, 2.05) is 6.92 Å². The summed E-state index contributed by atoms with van der Waals surface area (Å²) < 4.78 is 27.7. The van der Waals surface area contributed by atoms with Crippen LogP contribution in [0.15, 0.2) is 51.8 Å². The molecule has 0 aliphatic heterocycles. The summed E-state index contributed by atoms with van der Waals surface area (Å²) in [6.07, 6.45) is 2.09. The van der Waals surface area contributed by atoms with E-state index < -0.39 is 10.0 Å². The number of nitrogens with zero attached hydrogens (tertiary/aromatic N) is 1. The van der Waals surface area contributed by atoms with Crippen molar-refractivity contribution < 1.29 is 13.2 Å². The molecule has 26 heavy (non-hydrogen) atoms. The number of aryl methyl sites for hydroxylation is 1. The molecule has 0 saturated heterocycles. The summed E-state index contributed by atoms with van der Waals surface area (Å²) in [6.45, 7) is 2.09. The summed E-state index contributed by atoms with van der Waals surface area (Å²) in [6, 6.07) is 12.3. The Kier molecular flexibility index (Phi) is 5.50. The van der Waals surface area contributed by atoms with Gasteiger partial charge in [0.1, 0.15) is 0 Å². The van der Waals surface area contributed by atoms with E-state index in [1.165, 1.54) is 4.31 Å². The third-order valence-electron chi connectivity index (χ3n) is 4.37. The number of nitrogens with one attached hydrogen (secondary N) is 1. The lowest BCUT2D eigenvalue weighted by atomic mass is 10.1. The van der Waals surface area contributed by atoms with E-state index in [-0.39, 0.29) is 17.3 Å². The SMILES string of the molecule is Cc1cc(S(=O)(=O)N(C)Cc2ccc(C(=O)NC3CC3)cc2)ccc1Br. The van der Waals surface area contributed by atoms with Gasteiger partial charge in [-0.05, 0) is 61.2 Å². The molecule has 7 heteroatoms. The van der Waals surface area contributed by atoms with Crippen molar-refractivity contribution in [2.24, 2.45) is 0 Å². The minimum atomic E-state index is -3.58. The highest BCUT2D eigenvalue weighted by Gasteiger charge is 2.24. The standard InChI is InChI=1S/C19H21BrN2O3S/c1-13-11-17(9-10-18(13)20)26(24,25)22(2)12-14-3-5-15(6-4-14)19(23)21-16-7-8-16/h3-6,9-11,16H,7-8,12H2,1-2H3,(H,21,23). The summed E-state index contributed by atoms with van der Waals surface area (Å²) in [5, 5.41) is 2.94. The molecule has 1 aliphatic rings. The van der Waals surface area contributed by atoms with Crippen LogP contribution in [0.5, 0.6) is 0 Å². The van der Waals surface area contributed by atoms with Gasteiger partial charge in [0.2, 0.25) is 10.0 Å². The maximum Gasteiger partial charge on any atom is 0.251 e. The maximum absolute atomic E-state index is 12.7. The normalized spacial score (nSPS) is 14.5. The largest absolute Gasteiger partial charge is 0.349 e. The molecule has 1 N–H and O–H groups in total. The van der Waals surface area contributed by atoms with Crippen molar-refractivity contribution in [1.82, 2.24) is 9.62 Å². The van der Waals surface area contributed by atoms with Crippen LogP contribution in [0, 0.1) is 6.92 Å². The molecule has 0 unspecified atom stereocenters. The van der Waals surface area contributed by atoms with Gasteiger partial charge in [0.05, 0.1) is 4.90 Å². The highest BCUT2D eigenvalue weighted by Crippen LogP contribution is 2.23. The number of carbonyl (C=O) groups excluding carboxylic acids is 1. The molecular formula is C19H21BrN2O3S. The fourth-order valence-electron chi connectivity index (χ4n) is 2.56. The average molecular weight is 437 g/mol. The Balaban J connectivity index is 1.70. The Hall–Kier alpha value is -1.70. The second-order valence-electron chi connectivity index (χ2n) is 6.62. The zero-order valence-electron chi connectivity index (χ0n) is 14.7. The van der Waals surface area contributed by atoms with Gasteiger partial charge in [-0.25, -0.2) is 8.42 Å². The Morgan fingerprint density at radius 1 is 1.19 bits per heavy atom. The van der Waals surface area contributed by atoms with Gasteiger partial charge in [-0.1, -0.05) is 28.1 Å². The van der Waals surface area contributed by atoms with E-state index in [0.29, 0.717) is 11.6 Å². The topological polar surface area (TPSA) is 66.5 Å². The zero-order chi connectivity index (χ0) is 18.9. The smallest absolute Gasteiger partial charge is 0.251 e. The van der Waals surface area contributed by atoms with Crippen molar-refractivity contribution in [3.05, 3.63) is 63.6 Å². The van der Waals surface area contributed by atoms with E-state index in [2.05, 4.69) is 21.2 Å². The molecule has 0 radical (unpaired) electrons. The number of sulfonamides is 1. The second-order valence-corrected chi connectivity index (χ2v) is 9.52. The molecule has 138 valence electrons. The number of hydrogen-bond acceptors (Lipinski definition) is 3. The van der Waals surface area contributed by atoms with Crippen molar-refractivity contribution in [3.63, 3.8) is 0 Å². The van der Waals surface area contributed by atoms with Gasteiger partial charge in [0.25, 0.3) is 5.91 Å². The number of carbonyl (C=O) groups is 1. The summed E-state index contributed by atoms with van der Waals surface area (Å²) in [5.74, 6) is -0.0784. The van der Waals surface area contributed by atoms with Gasteiger partial charge in [0.15, 0.2) is 0 Å². The first-order chi connectivity index (χ1) is 12.3. The van der Waals surface area contributed by atoms with Crippen LogP contribution >= 0.6 is 15.9 Å². The van der Waals surface area contributed by atoms with E-state index in [0.717, 1.165) is 28.4 Å². The number of benzene rings is 2. The number of amides is 1. The van der Waals surface area contributed by atoms with E-state index in [1.54, 1.807) is 49.5 Å². The van der Waals surface area contributed by atoms with Crippen LogP contribution in [-0.2, 0) is 16.6 Å². The molecule has 2 aromatic rings. The van der Waals surface area contributed by atoms with E-state index in [4.69, 9.17) is 0 Å². The molecule has 1 amide bonds. The molecule has 1 saturated carbocycles. The number of rotatable bonds is 6. The van der Waals surface area contributed by atoms with E-state index in [9.17, 15) is 13.2 Å². The predicted octanol–water partition coefficient (Wildman–Crippen LogP) is 3.47. The summed E-state index contributed by atoms with van der Waals surface area (Å²) in [7, 11) is -2.02. The van der Waals surface area contributed by atoms with Crippen molar-refractivity contribution in [1.29, 1.82) is 0 Å². The molecule has 3 rings (SSSR count). The first kappa shape index (κ1) is 19.1. The van der Waals surface area contributed by atoms with Crippen LogP contribution in [0.25, 0.3) is 0 Å². The minimum Gasteiger partial charge on any atom is -0.349 e. The predicted molar refractivity (Wildman–Crippen MR) is 104 cm³/mol. The Labute approximate surface area is 162 Å². The summed E-state index contributed by atoms with van der Waals surface area (Å²) in [4.78, 5) is 12.3. The quantitative estimate of drug-likeness (QED) is 0.753. The molecule has 1 fully saturated rings. The van der Waals surface area contributed by atoms with Crippen LogP contribution < -0.4 is 5.32 Å². The van der Waals surface area contributed by atoms with Crippen LogP contribution in [-0.4, -0.2) is 31.7 Å². The Morgan fingerprint density at radius 3 is 2.42 bits per heavy atom. The fourth-order valence-corrected chi connectivity index (χ4v) is 4.05. The maximum atomic E-state index is 12.7. The van der Waals surface area contributed by atoms with Gasteiger partial charge >= 0.3 is 0 Å². The second kappa shape index (κ2) is 7.50. The van der Waals surface area contributed by atoms with Crippen LogP contribution in [0.2, 0.25) is 0 Å². The lowest BCUT2D eigenvalue weighted by Crippen LogP contribution is -2.27. The van der Waals surface area contributed by atoms with E-state index >= 15 is 0 Å². The van der Waals surface area contributed by atoms with Crippen LogP contribution in [0.1, 0.15) is 34.3 Å². The van der Waals surface area contributed by atoms with Crippen molar-refractivity contribution in [3.8, 4) is 0 Å². The van der Waals surface area contributed by atoms with Crippen LogP contribution in [0.3, 0.4) is 0 Å². The monoisotopic (exact) mass is 436 g/mol. The minimum absolute atomic E-state index is 0.0784. The van der Waals surface area contributed by atoms with Gasteiger partial charge in [0, 0.05) is 29.7 Å². The molecule has 0 atom stereocenters. The highest BCUT2D eigenvalue weighted by atomic mass is 79.9. The molecule has 1 aliphatic carbocycles. The molecule has 0 bridgehead atoms. The third-order valence-corrected chi connectivity index (χ3v) is 7.06. The van der Waals surface area contributed by atoms with Crippen molar-refractivity contribution >= 4 is 31.9 Å². The summed E-state index contributed by atoms with van der Waals surface area (Å²) >= 11 is 3.38. The van der Waals surface area contributed by atoms with Gasteiger partial charge in [-0.15, -0.1) is 0 Å². The molecule has 5 nitrogen and oxygen atoms in total. The van der Waals surface area contributed by atoms with Gasteiger partial charge in [-0.3, -0.25) is 4.79 Å². The van der Waals surface area contributed by atoms with Crippen molar-refractivity contribution in [2.45, 2.75) is 37.2 Å². The first-order valence-corrected chi connectivity index (χ1v) is 10.6. The lowest BCUT2D eigenvalue weighted by Gasteiger charge is -2.18. The highest BCUT2D eigenvalue weighted by molar-refractivity contribution is 9.10. The first-order valence-electron chi connectivity index (χ1n) is 8.39. The molecule has 2 aromatic carbocycles. The Bertz CT molecular complexity index is 922. The number of hydrogen-bond donors (Lipinski definition) is 1. The summed E-state index contributed by atoms with van der Waals surface area (Å²) in [5.41, 5.74) is 2.29. The molecule has 0 spiro atoms. The third kappa shape index (κ3) is 4.34. The Morgan fingerprint density at radius 2 is 1.85 bits per heavy atom. The zero-order valence-corrected chi connectivity index (χ0v) is 17.1. The van der Waals surface area contributed by atoms with Gasteiger partial charge in [-0.2, -0.15) is 4.31 Å². The molecular weight excluding hydrogens is 416 g/mol.